The molecule has 2 nitrogen and oxygen atoms in total. The fraction of sp³-hybridized carbons (Fsp3) is 0.625. The van der Waals surface area contributed by atoms with E-state index in [1.165, 1.54) is 0 Å². The maximum absolute atomic E-state index is 10.7. The van der Waals surface area contributed by atoms with Gasteiger partial charge in [-0.2, -0.15) is 0 Å². The van der Waals surface area contributed by atoms with Gasteiger partial charge < -0.3 is 9.84 Å². The number of hydrogen-bond donors (Lipinski definition) is 1. The van der Waals surface area contributed by atoms with Crippen molar-refractivity contribution in [1.29, 1.82) is 0 Å². The van der Waals surface area contributed by atoms with Gasteiger partial charge in [-0.3, -0.25) is 0 Å². The lowest BCUT2D eigenvalue weighted by Crippen LogP contribution is -2.38. The van der Waals surface area contributed by atoms with Gasteiger partial charge in [-0.15, -0.1) is 0 Å². The van der Waals surface area contributed by atoms with Crippen molar-refractivity contribution < 1.29 is 9.84 Å². The molecule has 0 amide bonds. The fourth-order valence-corrected chi connectivity index (χ4v) is 2.77. The van der Waals surface area contributed by atoms with Gasteiger partial charge in [0.15, 0.2) is 0 Å². The van der Waals surface area contributed by atoms with Gasteiger partial charge in [0.05, 0.1) is 12.7 Å². The lowest BCUT2D eigenvalue weighted by Gasteiger charge is -2.40. The molecule has 1 aliphatic carbocycles. The molecule has 0 radical (unpaired) electrons. The Kier molecular flexibility index (Phi) is 3.67. The van der Waals surface area contributed by atoms with Crippen LogP contribution in [0.15, 0.2) is 24.3 Å². The van der Waals surface area contributed by atoms with Crippen molar-refractivity contribution in [1.82, 2.24) is 0 Å². The molecule has 0 saturated heterocycles. The monoisotopic (exact) mass is 248 g/mol. The lowest BCUT2D eigenvalue weighted by atomic mass is 9.69. The Balaban J connectivity index is 2.09. The molecule has 0 spiro atoms. The summed E-state index contributed by atoms with van der Waals surface area (Å²) in [5, 5.41) is 10.7. The fourth-order valence-electron chi connectivity index (χ4n) is 2.77. The highest BCUT2D eigenvalue weighted by molar-refractivity contribution is 5.34. The second-order valence-corrected chi connectivity index (χ2v) is 6.38. The highest BCUT2D eigenvalue weighted by Crippen LogP contribution is 2.42. The third-order valence-corrected chi connectivity index (χ3v) is 4.25. The summed E-state index contributed by atoms with van der Waals surface area (Å²) in [6.45, 7) is 4.57. The summed E-state index contributed by atoms with van der Waals surface area (Å²) in [4.78, 5) is 0. The first kappa shape index (κ1) is 13.4. The Morgan fingerprint density at radius 3 is 2.33 bits per heavy atom. The average molecular weight is 248 g/mol. The zero-order valence-electron chi connectivity index (χ0n) is 11.7. The highest BCUT2D eigenvalue weighted by Gasteiger charge is 2.37. The van der Waals surface area contributed by atoms with Crippen molar-refractivity contribution in [2.45, 2.75) is 51.6 Å². The molecule has 1 aliphatic rings. The van der Waals surface area contributed by atoms with Crippen LogP contribution in [0.1, 0.15) is 45.1 Å². The van der Waals surface area contributed by atoms with E-state index in [-0.39, 0.29) is 0 Å². The van der Waals surface area contributed by atoms with Crippen LogP contribution in [-0.4, -0.2) is 17.8 Å². The number of rotatable bonds is 3. The number of ether oxygens (including phenoxy) is 1. The molecule has 1 fully saturated rings. The quantitative estimate of drug-likeness (QED) is 0.886. The second kappa shape index (κ2) is 4.93. The smallest absolute Gasteiger partial charge is 0.122 e. The van der Waals surface area contributed by atoms with Crippen LogP contribution in [0.5, 0.6) is 5.75 Å². The van der Waals surface area contributed by atoms with Crippen LogP contribution in [0.2, 0.25) is 0 Å². The van der Waals surface area contributed by atoms with Crippen molar-refractivity contribution >= 4 is 0 Å². The molecule has 2 rings (SSSR count). The first-order valence-corrected chi connectivity index (χ1v) is 6.78. The average Bonchev–Trinajstić information content (AvgIpc) is 2.34. The number of methoxy groups -OCH3 is 1. The van der Waals surface area contributed by atoms with Gasteiger partial charge in [0.2, 0.25) is 0 Å². The van der Waals surface area contributed by atoms with Crippen molar-refractivity contribution in [2.75, 3.05) is 7.11 Å². The molecule has 100 valence electrons. The second-order valence-electron chi connectivity index (χ2n) is 6.38. The van der Waals surface area contributed by atoms with E-state index in [1.807, 2.05) is 18.2 Å². The Morgan fingerprint density at radius 1 is 1.11 bits per heavy atom. The van der Waals surface area contributed by atoms with Gasteiger partial charge in [-0.05, 0) is 42.7 Å². The summed E-state index contributed by atoms with van der Waals surface area (Å²) in [5.41, 5.74) is 0.944. The highest BCUT2D eigenvalue weighted by atomic mass is 16.5. The number of benzene rings is 1. The Hall–Kier alpha value is -1.02. The predicted molar refractivity (Wildman–Crippen MR) is 73.9 cm³/mol. The van der Waals surface area contributed by atoms with Crippen molar-refractivity contribution in [3.63, 3.8) is 0 Å². The summed E-state index contributed by atoms with van der Waals surface area (Å²) in [5.74, 6) is 0.885. The summed E-state index contributed by atoms with van der Waals surface area (Å²) in [6, 6.07) is 7.99. The summed E-state index contributed by atoms with van der Waals surface area (Å²) in [6.07, 6.45) is 4.67. The van der Waals surface area contributed by atoms with E-state index < -0.39 is 5.60 Å². The van der Waals surface area contributed by atoms with E-state index >= 15 is 0 Å². The zero-order valence-corrected chi connectivity index (χ0v) is 11.7. The third kappa shape index (κ3) is 3.05. The minimum absolute atomic E-state index is 0.382. The maximum Gasteiger partial charge on any atom is 0.122 e. The molecule has 0 unspecified atom stereocenters. The van der Waals surface area contributed by atoms with E-state index in [1.54, 1.807) is 7.11 Å². The van der Waals surface area contributed by atoms with Crippen molar-refractivity contribution in [2.24, 2.45) is 5.41 Å². The Morgan fingerprint density at radius 2 is 1.72 bits per heavy atom. The van der Waals surface area contributed by atoms with Crippen LogP contribution < -0.4 is 4.74 Å². The molecular formula is C16H24O2. The van der Waals surface area contributed by atoms with Gasteiger partial charge in [0.1, 0.15) is 5.75 Å². The number of hydrogen-bond acceptors (Lipinski definition) is 2. The first-order chi connectivity index (χ1) is 8.44. The van der Waals surface area contributed by atoms with Gasteiger partial charge in [0.25, 0.3) is 0 Å². The lowest BCUT2D eigenvalue weighted by molar-refractivity contribution is -0.0254. The SMILES string of the molecule is COc1ccccc1CC1(O)CCC(C)(C)CC1. The molecule has 2 heteroatoms. The number of para-hydroxylation sites is 1. The maximum atomic E-state index is 10.7. The normalized spacial score (nSPS) is 21.6. The molecule has 1 N–H and O–H groups in total. The largest absolute Gasteiger partial charge is 0.496 e. The molecular weight excluding hydrogens is 224 g/mol. The standard InChI is InChI=1S/C16H24O2/c1-15(2)8-10-16(17,11-9-15)12-13-6-4-5-7-14(13)18-3/h4-7,17H,8-12H2,1-3H3. The van der Waals surface area contributed by atoms with Crippen LogP contribution in [0.25, 0.3) is 0 Å². The summed E-state index contributed by atoms with van der Waals surface area (Å²) >= 11 is 0. The third-order valence-electron chi connectivity index (χ3n) is 4.25. The number of aliphatic hydroxyl groups is 1. The van der Waals surface area contributed by atoms with Crippen molar-refractivity contribution in [3.05, 3.63) is 29.8 Å². The molecule has 0 aromatic heterocycles. The van der Waals surface area contributed by atoms with Crippen LogP contribution >= 0.6 is 0 Å². The van der Waals surface area contributed by atoms with E-state index in [0.717, 1.165) is 37.0 Å². The van der Waals surface area contributed by atoms with Crippen LogP contribution in [0, 0.1) is 5.41 Å². The molecule has 18 heavy (non-hydrogen) atoms. The summed E-state index contributed by atoms with van der Waals surface area (Å²) < 4.78 is 5.36. The molecule has 0 bridgehead atoms. The van der Waals surface area contributed by atoms with Gasteiger partial charge in [0, 0.05) is 6.42 Å². The molecule has 0 aliphatic heterocycles. The Labute approximate surface area is 110 Å². The van der Waals surface area contributed by atoms with Gasteiger partial charge in [-0.1, -0.05) is 32.0 Å². The van der Waals surface area contributed by atoms with Crippen molar-refractivity contribution in [3.8, 4) is 5.75 Å². The zero-order chi connectivity index (χ0) is 13.2. The minimum atomic E-state index is -0.551. The Bertz CT molecular complexity index is 399. The molecule has 1 saturated carbocycles. The van der Waals surface area contributed by atoms with E-state index in [0.29, 0.717) is 11.8 Å². The molecule has 1 aromatic carbocycles. The summed E-state index contributed by atoms with van der Waals surface area (Å²) in [7, 11) is 1.69. The van der Waals surface area contributed by atoms with Gasteiger partial charge in [-0.25, -0.2) is 0 Å². The van der Waals surface area contributed by atoms with Crippen LogP contribution in [0.3, 0.4) is 0 Å². The van der Waals surface area contributed by atoms with Crippen LogP contribution in [-0.2, 0) is 6.42 Å². The van der Waals surface area contributed by atoms with E-state index in [2.05, 4.69) is 19.9 Å². The van der Waals surface area contributed by atoms with Gasteiger partial charge >= 0.3 is 0 Å². The molecule has 0 heterocycles. The topological polar surface area (TPSA) is 29.5 Å². The molecule has 0 atom stereocenters. The first-order valence-electron chi connectivity index (χ1n) is 6.78. The van der Waals surface area contributed by atoms with E-state index in [4.69, 9.17) is 4.74 Å². The predicted octanol–water partition coefficient (Wildman–Crippen LogP) is 3.57. The van der Waals surface area contributed by atoms with Crippen LogP contribution in [0.4, 0.5) is 0 Å². The minimum Gasteiger partial charge on any atom is -0.496 e. The molecule has 1 aromatic rings. The van der Waals surface area contributed by atoms with E-state index in [9.17, 15) is 5.11 Å².